The number of fused-ring (bicyclic) bond motifs is 1. The molecule has 0 unspecified atom stereocenters. The number of carbonyl (C=O) groups is 3. The molecule has 3 N–H and O–H groups in total. The number of amides is 3. The van der Waals surface area contributed by atoms with Crippen molar-refractivity contribution in [3.63, 3.8) is 0 Å². The molecule has 6 nitrogen and oxygen atoms in total. The third kappa shape index (κ3) is 4.14. The van der Waals surface area contributed by atoms with Gasteiger partial charge in [0.1, 0.15) is 12.1 Å². The second kappa shape index (κ2) is 9.15. The lowest BCUT2D eigenvalue weighted by Gasteiger charge is -2.43. The van der Waals surface area contributed by atoms with E-state index >= 15 is 0 Å². The molecule has 0 bridgehead atoms. The number of carbonyl (C=O) groups excluding carboxylic acids is 3. The van der Waals surface area contributed by atoms with Crippen LogP contribution in [0, 0.1) is 11.8 Å². The standard InChI is InChI=1S/C26H31N3O3/c1-3-17(4-2)23-25(31)28-22(21-13-19-7-5-6-8-20(19)14-21)26(32)29(23)15-16-9-11-18(12-10-16)24(27)30/h5-12,17,21-23H,3-4,13-15H2,1-2H3,(H2,27,30)(H,28,31)/t22-,23-/m1/s1. The molecule has 1 aliphatic heterocycles. The highest BCUT2D eigenvalue weighted by Crippen LogP contribution is 2.33. The normalized spacial score (nSPS) is 21.0. The summed E-state index contributed by atoms with van der Waals surface area (Å²) in [5.74, 6) is -0.413. The van der Waals surface area contributed by atoms with Gasteiger partial charge in [-0.2, -0.15) is 0 Å². The Morgan fingerprint density at radius 2 is 1.62 bits per heavy atom. The smallest absolute Gasteiger partial charge is 0.248 e. The van der Waals surface area contributed by atoms with Crippen molar-refractivity contribution < 1.29 is 14.4 Å². The fraction of sp³-hybridized carbons (Fsp3) is 0.423. The van der Waals surface area contributed by atoms with Gasteiger partial charge in [0, 0.05) is 12.1 Å². The van der Waals surface area contributed by atoms with E-state index in [1.807, 2.05) is 24.3 Å². The lowest BCUT2D eigenvalue weighted by molar-refractivity contribution is -0.154. The van der Waals surface area contributed by atoms with E-state index in [9.17, 15) is 14.4 Å². The molecule has 1 saturated heterocycles. The minimum absolute atomic E-state index is 0.0155. The number of nitrogens with one attached hydrogen (secondary N) is 1. The van der Waals surface area contributed by atoms with Crippen LogP contribution in [-0.2, 0) is 29.0 Å². The van der Waals surface area contributed by atoms with Crippen LogP contribution in [0.2, 0.25) is 0 Å². The molecule has 6 heteroatoms. The van der Waals surface area contributed by atoms with Crippen molar-refractivity contribution in [1.29, 1.82) is 0 Å². The molecule has 0 spiro atoms. The quantitative estimate of drug-likeness (QED) is 0.703. The fourth-order valence-corrected chi connectivity index (χ4v) is 5.26. The maximum absolute atomic E-state index is 13.8. The van der Waals surface area contributed by atoms with Gasteiger partial charge < -0.3 is 16.0 Å². The van der Waals surface area contributed by atoms with Crippen molar-refractivity contribution in [2.75, 3.05) is 0 Å². The van der Waals surface area contributed by atoms with Crippen molar-refractivity contribution in [2.24, 2.45) is 17.6 Å². The van der Waals surface area contributed by atoms with E-state index in [2.05, 4.69) is 31.3 Å². The van der Waals surface area contributed by atoms with Gasteiger partial charge in [-0.05, 0) is 53.5 Å². The predicted molar refractivity (Wildman–Crippen MR) is 123 cm³/mol. The molecule has 1 aliphatic carbocycles. The van der Waals surface area contributed by atoms with Gasteiger partial charge in [-0.15, -0.1) is 0 Å². The first-order valence-corrected chi connectivity index (χ1v) is 11.5. The molecule has 0 saturated carbocycles. The SMILES string of the molecule is CCC(CC)[C@@H]1C(=O)N[C@H](C2Cc3ccccc3C2)C(=O)N1Cc1ccc(C(N)=O)cc1. The van der Waals surface area contributed by atoms with Crippen LogP contribution >= 0.6 is 0 Å². The Bertz CT molecular complexity index is 988. The summed E-state index contributed by atoms with van der Waals surface area (Å²) in [4.78, 5) is 40.3. The zero-order valence-electron chi connectivity index (χ0n) is 18.7. The highest BCUT2D eigenvalue weighted by molar-refractivity contribution is 5.97. The molecule has 0 aromatic heterocycles. The number of nitrogens with zero attached hydrogens (tertiary/aromatic N) is 1. The molecule has 1 heterocycles. The van der Waals surface area contributed by atoms with Gasteiger partial charge in [0.2, 0.25) is 17.7 Å². The first kappa shape index (κ1) is 22.1. The molecule has 3 amide bonds. The largest absolute Gasteiger partial charge is 0.366 e. The van der Waals surface area contributed by atoms with Gasteiger partial charge in [0.25, 0.3) is 0 Å². The zero-order valence-corrected chi connectivity index (χ0v) is 18.7. The average Bonchev–Trinajstić information content (AvgIpc) is 3.23. The fourth-order valence-electron chi connectivity index (χ4n) is 5.26. The van der Waals surface area contributed by atoms with E-state index in [-0.39, 0.29) is 23.7 Å². The lowest BCUT2D eigenvalue weighted by Crippen LogP contribution is -2.66. The minimum Gasteiger partial charge on any atom is -0.366 e. The highest BCUT2D eigenvalue weighted by atomic mass is 16.2. The monoisotopic (exact) mass is 433 g/mol. The van der Waals surface area contributed by atoms with E-state index in [1.165, 1.54) is 11.1 Å². The van der Waals surface area contributed by atoms with E-state index < -0.39 is 18.0 Å². The summed E-state index contributed by atoms with van der Waals surface area (Å²) in [7, 11) is 0. The summed E-state index contributed by atoms with van der Waals surface area (Å²) in [6.07, 6.45) is 3.23. The van der Waals surface area contributed by atoms with E-state index in [0.717, 1.165) is 31.2 Å². The Morgan fingerprint density at radius 1 is 1.03 bits per heavy atom. The van der Waals surface area contributed by atoms with Crippen molar-refractivity contribution in [2.45, 2.75) is 58.2 Å². The van der Waals surface area contributed by atoms with E-state index in [1.54, 1.807) is 17.0 Å². The summed E-state index contributed by atoms with van der Waals surface area (Å²) >= 11 is 0. The Morgan fingerprint density at radius 3 is 2.16 bits per heavy atom. The first-order chi connectivity index (χ1) is 15.4. The molecule has 2 aromatic rings. The number of hydrogen-bond donors (Lipinski definition) is 2. The van der Waals surface area contributed by atoms with Crippen LogP contribution in [-0.4, -0.2) is 34.7 Å². The maximum Gasteiger partial charge on any atom is 0.248 e. The maximum atomic E-state index is 13.8. The summed E-state index contributed by atoms with van der Waals surface area (Å²) < 4.78 is 0. The summed E-state index contributed by atoms with van der Waals surface area (Å²) in [5, 5.41) is 3.09. The Labute approximate surface area is 189 Å². The van der Waals surface area contributed by atoms with Crippen molar-refractivity contribution in [1.82, 2.24) is 10.2 Å². The number of hydrogen-bond acceptors (Lipinski definition) is 3. The van der Waals surface area contributed by atoms with Gasteiger partial charge in [0.15, 0.2) is 0 Å². The Kier molecular flexibility index (Phi) is 6.31. The summed E-state index contributed by atoms with van der Waals surface area (Å²) in [6.45, 7) is 4.46. The molecule has 2 aromatic carbocycles. The zero-order chi connectivity index (χ0) is 22.8. The lowest BCUT2D eigenvalue weighted by atomic mass is 9.86. The third-order valence-electron chi connectivity index (χ3n) is 7.09. The van der Waals surface area contributed by atoms with Gasteiger partial charge in [0.05, 0.1) is 0 Å². The van der Waals surface area contributed by atoms with Crippen LogP contribution in [0.25, 0.3) is 0 Å². The molecular formula is C26H31N3O3. The van der Waals surface area contributed by atoms with Gasteiger partial charge in [-0.1, -0.05) is 63.1 Å². The number of nitrogens with two attached hydrogens (primary N) is 1. The van der Waals surface area contributed by atoms with Crippen molar-refractivity contribution in [3.05, 3.63) is 70.8 Å². The van der Waals surface area contributed by atoms with Crippen LogP contribution in [0.3, 0.4) is 0 Å². The Balaban J connectivity index is 1.61. The molecular weight excluding hydrogens is 402 g/mol. The van der Waals surface area contributed by atoms with E-state index in [4.69, 9.17) is 5.73 Å². The average molecular weight is 434 g/mol. The number of rotatable bonds is 7. The number of piperazine rings is 1. The van der Waals surface area contributed by atoms with Crippen molar-refractivity contribution in [3.8, 4) is 0 Å². The van der Waals surface area contributed by atoms with E-state index in [0.29, 0.717) is 12.1 Å². The summed E-state index contributed by atoms with van der Waals surface area (Å²) in [6, 6.07) is 14.2. The van der Waals surface area contributed by atoms with Crippen molar-refractivity contribution >= 4 is 17.7 Å². The number of primary amides is 1. The van der Waals surface area contributed by atoms with Gasteiger partial charge >= 0.3 is 0 Å². The molecule has 0 radical (unpaired) electrons. The third-order valence-corrected chi connectivity index (χ3v) is 7.09. The molecule has 32 heavy (non-hydrogen) atoms. The summed E-state index contributed by atoms with van der Waals surface area (Å²) in [5.41, 5.74) is 9.18. The van der Waals surface area contributed by atoms with Gasteiger partial charge in [-0.3, -0.25) is 14.4 Å². The Hall–Kier alpha value is -3.15. The number of benzene rings is 2. The van der Waals surface area contributed by atoms with Crippen LogP contribution in [0.15, 0.2) is 48.5 Å². The molecule has 1 fully saturated rings. The highest BCUT2D eigenvalue weighted by Gasteiger charge is 2.46. The predicted octanol–water partition coefficient (Wildman–Crippen LogP) is 2.83. The molecule has 2 atom stereocenters. The second-order valence-electron chi connectivity index (χ2n) is 8.97. The molecule has 168 valence electrons. The molecule has 2 aliphatic rings. The first-order valence-electron chi connectivity index (χ1n) is 11.5. The van der Waals surface area contributed by atoms with Gasteiger partial charge in [-0.25, -0.2) is 0 Å². The second-order valence-corrected chi connectivity index (χ2v) is 8.97. The van der Waals surface area contributed by atoms with Crippen LogP contribution in [0.1, 0.15) is 53.7 Å². The minimum atomic E-state index is -0.523. The van der Waals surface area contributed by atoms with Crippen LogP contribution in [0.4, 0.5) is 0 Å². The molecule has 4 rings (SSSR count). The topological polar surface area (TPSA) is 92.5 Å². The van der Waals surface area contributed by atoms with Crippen LogP contribution < -0.4 is 11.1 Å². The van der Waals surface area contributed by atoms with Crippen LogP contribution in [0.5, 0.6) is 0 Å².